The number of carbonyl (C=O) groups excluding carboxylic acids is 4. The van der Waals surface area contributed by atoms with E-state index in [0.717, 1.165) is 9.37 Å². The second-order valence-corrected chi connectivity index (χ2v) is 12.5. The summed E-state index contributed by atoms with van der Waals surface area (Å²) in [6.07, 6.45) is 1.94. The van der Waals surface area contributed by atoms with E-state index in [4.69, 9.17) is 27.9 Å². The van der Waals surface area contributed by atoms with Crippen molar-refractivity contribution >= 4 is 68.4 Å². The normalized spacial score (nSPS) is 33.6. The Labute approximate surface area is 242 Å². The monoisotopic (exact) mass is 632 g/mol. The number of fused-ring (bicyclic) bond motifs is 4. The molecule has 6 atom stereocenters. The number of hydrogen-bond donors (Lipinski definition) is 1. The fourth-order valence-electron chi connectivity index (χ4n) is 6.87. The van der Waals surface area contributed by atoms with Gasteiger partial charge in [-0.2, -0.15) is 0 Å². The Kier molecular flexibility index (Phi) is 5.95. The van der Waals surface area contributed by atoms with E-state index in [9.17, 15) is 24.3 Å². The SMILES string of the molecule is COc1cccc([C@H]2C3=CC[C@@H]4C(=O)N(c5ccc(Br)cc5)C(=O)[C@@H]4[C@@H]3C[C@@]3(Cl)C(=O)N(C)C(=O)[C@@]23Cl)c1O. The van der Waals surface area contributed by atoms with Gasteiger partial charge in [0.15, 0.2) is 21.2 Å². The zero-order chi connectivity index (χ0) is 28.0. The predicted octanol–water partition coefficient (Wildman–Crippen LogP) is 4.36. The summed E-state index contributed by atoms with van der Waals surface area (Å²) < 4.78 is 6.11. The van der Waals surface area contributed by atoms with Crippen LogP contribution in [0.25, 0.3) is 0 Å². The number of nitrogens with zero attached hydrogens (tertiary/aromatic N) is 2. The summed E-state index contributed by atoms with van der Waals surface area (Å²) in [5.74, 6) is -5.41. The van der Waals surface area contributed by atoms with Crippen molar-refractivity contribution in [2.24, 2.45) is 17.8 Å². The second-order valence-electron chi connectivity index (χ2n) is 10.4. The number of allylic oxidation sites excluding steroid dienone is 2. The maximum Gasteiger partial charge on any atom is 0.253 e. The smallest absolute Gasteiger partial charge is 0.253 e. The lowest BCUT2D eigenvalue weighted by atomic mass is 9.56. The molecule has 3 fully saturated rings. The molecule has 1 saturated carbocycles. The molecule has 6 rings (SSSR count). The molecule has 0 spiro atoms. The molecule has 39 heavy (non-hydrogen) atoms. The molecule has 2 aromatic rings. The quantitative estimate of drug-likeness (QED) is 0.306. The number of hydrogen-bond acceptors (Lipinski definition) is 6. The third-order valence-corrected chi connectivity index (χ3v) is 10.6. The van der Waals surface area contributed by atoms with E-state index in [2.05, 4.69) is 15.9 Å². The van der Waals surface area contributed by atoms with Crippen LogP contribution < -0.4 is 9.64 Å². The molecule has 2 aliphatic carbocycles. The molecule has 202 valence electrons. The highest BCUT2D eigenvalue weighted by atomic mass is 79.9. The number of aromatic hydroxyl groups is 1. The van der Waals surface area contributed by atoms with Crippen molar-refractivity contribution in [3.63, 3.8) is 0 Å². The number of benzene rings is 2. The molecule has 4 aliphatic rings. The molecule has 0 unspecified atom stereocenters. The highest BCUT2D eigenvalue weighted by molar-refractivity contribution is 9.10. The van der Waals surface area contributed by atoms with Crippen molar-refractivity contribution in [1.29, 1.82) is 0 Å². The van der Waals surface area contributed by atoms with Crippen LogP contribution in [0.5, 0.6) is 11.5 Å². The van der Waals surface area contributed by atoms with Crippen LogP contribution in [0, 0.1) is 17.8 Å². The Morgan fingerprint density at radius 1 is 1.00 bits per heavy atom. The summed E-state index contributed by atoms with van der Waals surface area (Å²) in [5.41, 5.74) is 1.30. The Hall–Kier alpha value is -2.88. The lowest BCUT2D eigenvalue weighted by Crippen LogP contribution is -2.60. The minimum atomic E-state index is -1.98. The number of halogens is 3. The lowest BCUT2D eigenvalue weighted by molar-refractivity contribution is -0.138. The van der Waals surface area contributed by atoms with Crippen molar-refractivity contribution in [3.05, 3.63) is 64.1 Å². The molecule has 2 saturated heterocycles. The number of methoxy groups -OCH3 is 1. The first-order chi connectivity index (χ1) is 18.5. The number of phenols is 1. The Bertz CT molecular complexity index is 1500. The van der Waals surface area contributed by atoms with E-state index >= 15 is 0 Å². The van der Waals surface area contributed by atoms with Gasteiger partial charge in [-0.3, -0.25) is 29.0 Å². The van der Waals surface area contributed by atoms with Crippen molar-refractivity contribution < 1.29 is 29.0 Å². The highest BCUT2D eigenvalue weighted by Gasteiger charge is 2.76. The maximum atomic E-state index is 13.9. The number of amides is 4. The van der Waals surface area contributed by atoms with Gasteiger partial charge in [-0.15, -0.1) is 23.2 Å². The average molecular weight is 634 g/mol. The highest BCUT2D eigenvalue weighted by Crippen LogP contribution is 2.66. The van der Waals surface area contributed by atoms with E-state index < -0.39 is 51.1 Å². The third kappa shape index (κ3) is 3.30. The molecule has 11 heteroatoms. The molecular formula is C28H23BrCl2N2O6. The van der Waals surface area contributed by atoms with Crippen molar-refractivity contribution in [2.75, 3.05) is 19.1 Å². The Morgan fingerprint density at radius 2 is 1.69 bits per heavy atom. The van der Waals surface area contributed by atoms with Crippen LogP contribution in [0.15, 0.2) is 58.6 Å². The van der Waals surface area contributed by atoms with Gasteiger partial charge in [0.25, 0.3) is 11.8 Å². The number of likely N-dealkylation sites (tertiary alicyclic amines) is 1. The van der Waals surface area contributed by atoms with Crippen molar-refractivity contribution in [3.8, 4) is 11.5 Å². The first-order valence-electron chi connectivity index (χ1n) is 12.4. The van der Waals surface area contributed by atoms with Crippen LogP contribution in [0.2, 0.25) is 0 Å². The van der Waals surface area contributed by atoms with Gasteiger partial charge >= 0.3 is 0 Å². The van der Waals surface area contributed by atoms with Gasteiger partial charge in [-0.05, 0) is 49.1 Å². The van der Waals surface area contributed by atoms with Crippen LogP contribution in [-0.4, -0.2) is 57.5 Å². The number of alkyl halides is 2. The van der Waals surface area contributed by atoms with Gasteiger partial charge < -0.3 is 9.84 Å². The lowest BCUT2D eigenvalue weighted by Gasteiger charge is -2.50. The number of imide groups is 2. The summed E-state index contributed by atoms with van der Waals surface area (Å²) in [6.45, 7) is 0. The summed E-state index contributed by atoms with van der Waals surface area (Å²) in [6, 6.07) is 11.7. The summed E-state index contributed by atoms with van der Waals surface area (Å²) in [4.78, 5) is 52.8. The molecule has 0 aromatic heterocycles. The largest absolute Gasteiger partial charge is 0.504 e. The Morgan fingerprint density at radius 3 is 2.36 bits per heavy atom. The summed E-state index contributed by atoms with van der Waals surface area (Å²) >= 11 is 17.6. The van der Waals surface area contributed by atoms with Gasteiger partial charge in [0.2, 0.25) is 11.8 Å². The van der Waals surface area contributed by atoms with Crippen molar-refractivity contribution in [2.45, 2.75) is 28.5 Å². The molecule has 4 amide bonds. The van der Waals surface area contributed by atoms with E-state index in [0.29, 0.717) is 11.3 Å². The fourth-order valence-corrected chi connectivity index (χ4v) is 8.15. The zero-order valence-corrected chi connectivity index (χ0v) is 24.0. The number of ether oxygens (including phenoxy) is 1. The Balaban J connectivity index is 1.53. The van der Waals surface area contributed by atoms with Crippen LogP contribution in [0.3, 0.4) is 0 Å². The zero-order valence-electron chi connectivity index (χ0n) is 20.9. The van der Waals surface area contributed by atoms with Crippen molar-refractivity contribution in [1.82, 2.24) is 4.90 Å². The van der Waals surface area contributed by atoms with Gasteiger partial charge in [0.05, 0.1) is 24.6 Å². The van der Waals surface area contributed by atoms with Crippen LogP contribution in [0.4, 0.5) is 5.69 Å². The summed E-state index contributed by atoms with van der Waals surface area (Å²) in [5, 5.41) is 11.2. The first-order valence-corrected chi connectivity index (χ1v) is 13.9. The predicted molar refractivity (Wildman–Crippen MR) is 147 cm³/mol. The summed E-state index contributed by atoms with van der Waals surface area (Å²) in [7, 11) is 2.72. The third-order valence-electron chi connectivity index (χ3n) is 8.66. The minimum Gasteiger partial charge on any atom is -0.504 e. The molecule has 0 radical (unpaired) electrons. The standard InChI is InChI=1S/C28H23BrCl2N2O6/c1-32-25(37)27(30)12-18-15(21(28(27,31)26(32)38)17-4-3-5-19(39-2)22(17)34)10-11-16-20(18)24(36)33(23(16)35)14-8-6-13(29)7-9-14/h3-10,16,18,20-21,34H,11-12H2,1-2H3/t16-,18+,20-,21+,27+,28-/m0/s1. The van der Waals surface area contributed by atoms with Crippen LogP contribution in [-0.2, 0) is 19.2 Å². The molecule has 0 bridgehead atoms. The molecular weight excluding hydrogens is 611 g/mol. The van der Waals surface area contributed by atoms with Gasteiger partial charge in [0.1, 0.15) is 0 Å². The maximum absolute atomic E-state index is 13.9. The number of carbonyl (C=O) groups is 4. The van der Waals surface area contributed by atoms with E-state index in [1.165, 1.54) is 19.1 Å². The van der Waals surface area contributed by atoms with Crippen LogP contribution >= 0.6 is 39.1 Å². The van der Waals surface area contributed by atoms with Gasteiger partial charge in [-0.25, -0.2) is 0 Å². The van der Waals surface area contributed by atoms with Crippen LogP contribution in [0.1, 0.15) is 24.3 Å². The fraction of sp³-hybridized carbons (Fsp3) is 0.357. The van der Waals surface area contributed by atoms with Gasteiger partial charge in [-0.1, -0.05) is 39.7 Å². The molecule has 2 aromatic carbocycles. The van der Waals surface area contributed by atoms with Gasteiger partial charge in [0, 0.05) is 23.0 Å². The molecule has 8 nitrogen and oxygen atoms in total. The van der Waals surface area contributed by atoms with E-state index in [-0.39, 0.29) is 35.8 Å². The first kappa shape index (κ1) is 26.3. The number of phenolic OH excluding ortho intramolecular Hbond substituents is 1. The number of para-hydroxylation sites is 1. The number of anilines is 1. The molecule has 2 aliphatic heterocycles. The average Bonchev–Trinajstić information content (AvgIpc) is 3.25. The minimum absolute atomic E-state index is 0.117. The number of rotatable bonds is 3. The molecule has 2 heterocycles. The second kappa shape index (κ2) is 8.81. The topological polar surface area (TPSA) is 104 Å². The molecule has 1 N–H and O–H groups in total. The van der Waals surface area contributed by atoms with E-state index in [1.807, 2.05) is 6.08 Å². The van der Waals surface area contributed by atoms with E-state index in [1.54, 1.807) is 42.5 Å².